The standard InChI is InChI=1S/C12H20ClNOS/c1-12(2,3)11(15-5)10(14-4)8-6-7-9(13)16-8/h6-7,10-11,14H,1-5H3. The Morgan fingerprint density at radius 3 is 2.31 bits per heavy atom. The molecule has 0 spiro atoms. The third-order valence-electron chi connectivity index (χ3n) is 2.62. The highest BCUT2D eigenvalue weighted by Gasteiger charge is 2.33. The summed E-state index contributed by atoms with van der Waals surface area (Å²) in [7, 11) is 3.71. The monoisotopic (exact) mass is 261 g/mol. The second-order valence-corrected chi connectivity index (χ2v) is 6.68. The summed E-state index contributed by atoms with van der Waals surface area (Å²) in [6, 6.07) is 4.18. The number of nitrogens with one attached hydrogen (secondary N) is 1. The molecule has 0 aromatic carbocycles. The first-order valence-electron chi connectivity index (χ1n) is 5.35. The van der Waals surface area contributed by atoms with Gasteiger partial charge in [-0.25, -0.2) is 0 Å². The van der Waals surface area contributed by atoms with E-state index in [1.165, 1.54) is 4.88 Å². The van der Waals surface area contributed by atoms with Crippen molar-refractivity contribution in [2.75, 3.05) is 14.2 Å². The van der Waals surface area contributed by atoms with Crippen LogP contribution in [0.3, 0.4) is 0 Å². The van der Waals surface area contributed by atoms with Crippen molar-refractivity contribution >= 4 is 22.9 Å². The average Bonchev–Trinajstić information content (AvgIpc) is 2.58. The van der Waals surface area contributed by atoms with Crippen LogP contribution in [-0.4, -0.2) is 20.3 Å². The molecular formula is C12H20ClNOS. The predicted molar refractivity (Wildman–Crippen MR) is 71.4 cm³/mol. The SMILES string of the molecule is CNC(c1ccc(Cl)s1)C(OC)C(C)(C)C. The van der Waals surface area contributed by atoms with Crippen LogP contribution in [0.5, 0.6) is 0 Å². The van der Waals surface area contributed by atoms with Gasteiger partial charge in [0.25, 0.3) is 0 Å². The lowest BCUT2D eigenvalue weighted by molar-refractivity contribution is -0.00929. The van der Waals surface area contributed by atoms with Crippen LogP contribution in [0.25, 0.3) is 0 Å². The van der Waals surface area contributed by atoms with Gasteiger partial charge in [0.1, 0.15) is 0 Å². The molecule has 4 heteroatoms. The first-order valence-corrected chi connectivity index (χ1v) is 6.55. The molecule has 2 unspecified atom stereocenters. The molecule has 2 atom stereocenters. The van der Waals surface area contributed by atoms with Gasteiger partial charge in [0.2, 0.25) is 0 Å². The Morgan fingerprint density at radius 1 is 1.38 bits per heavy atom. The van der Waals surface area contributed by atoms with E-state index in [0.717, 1.165) is 4.34 Å². The Labute approximate surface area is 107 Å². The van der Waals surface area contributed by atoms with Crippen molar-refractivity contribution in [2.45, 2.75) is 32.9 Å². The zero-order valence-corrected chi connectivity index (χ0v) is 12.1. The molecule has 0 bridgehead atoms. The van der Waals surface area contributed by atoms with E-state index >= 15 is 0 Å². The Balaban J connectivity index is 2.96. The predicted octanol–water partition coefficient (Wildman–Crippen LogP) is 3.72. The summed E-state index contributed by atoms with van der Waals surface area (Å²) in [4.78, 5) is 1.22. The minimum atomic E-state index is 0.0822. The molecule has 1 rings (SSSR count). The number of thiophene rings is 1. The molecule has 16 heavy (non-hydrogen) atoms. The van der Waals surface area contributed by atoms with E-state index in [1.54, 1.807) is 18.4 Å². The van der Waals surface area contributed by atoms with E-state index in [4.69, 9.17) is 16.3 Å². The number of ether oxygens (including phenoxy) is 1. The molecule has 0 saturated heterocycles. The van der Waals surface area contributed by atoms with Crippen LogP contribution in [0, 0.1) is 5.41 Å². The first-order chi connectivity index (χ1) is 7.40. The summed E-state index contributed by atoms with van der Waals surface area (Å²) in [6.07, 6.45) is 0.118. The minimum absolute atomic E-state index is 0.0822. The number of likely N-dealkylation sites (N-methyl/N-ethyl adjacent to an activating group) is 1. The molecule has 0 aliphatic carbocycles. The third-order valence-corrected chi connectivity index (χ3v) is 3.94. The van der Waals surface area contributed by atoms with Crippen molar-refractivity contribution < 1.29 is 4.74 Å². The maximum absolute atomic E-state index is 5.97. The minimum Gasteiger partial charge on any atom is -0.379 e. The Morgan fingerprint density at radius 2 is 2.00 bits per heavy atom. The van der Waals surface area contributed by atoms with Gasteiger partial charge in [0, 0.05) is 12.0 Å². The fourth-order valence-electron chi connectivity index (χ4n) is 1.93. The molecule has 1 aromatic heterocycles. The van der Waals surface area contributed by atoms with Crippen LogP contribution < -0.4 is 5.32 Å². The second-order valence-electron chi connectivity index (χ2n) is 4.93. The molecule has 0 fully saturated rings. The fourth-order valence-corrected chi connectivity index (χ4v) is 3.12. The molecule has 92 valence electrons. The van der Waals surface area contributed by atoms with Crippen LogP contribution in [0.2, 0.25) is 4.34 Å². The zero-order chi connectivity index (χ0) is 12.3. The summed E-state index contributed by atoms with van der Waals surface area (Å²) in [5.41, 5.74) is 0.0822. The van der Waals surface area contributed by atoms with E-state index in [0.29, 0.717) is 0 Å². The van der Waals surface area contributed by atoms with Gasteiger partial charge in [-0.3, -0.25) is 0 Å². The van der Waals surface area contributed by atoms with E-state index in [1.807, 2.05) is 13.1 Å². The van der Waals surface area contributed by atoms with E-state index in [-0.39, 0.29) is 17.6 Å². The number of hydrogen-bond acceptors (Lipinski definition) is 3. The first kappa shape index (κ1) is 14.0. The molecule has 1 heterocycles. The fraction of sp³-hybridized carbons (Fsp3) is 0.667. The van der Waals surface area contributed by atoms with Crippen molar-refractivity contribution in [2.24, 2.45) is 5.41 Å². The normalized spacial score (nSPS) is 16.1. The number of halogens is 1. The van der Waals surface area contributed by atoms with Crippen molar-refractivity contribution in [3.05, 3.63) is 21.3 Å². The maximum Gasteiger partial charge on any atom is 0.0931 e. The van der Waals surface area contributed by atoms with Gasteiger partial charge >= 0.3 is 0 Å². The van der Waals surface area contributed by atoms with Crippen LogP contribution in [-0.2, 0) is 4.74 Å². The van der Waals surface area contributed by atoms with Crippen molar-refractivity contribution in [3.63, 3.8) is 0 Å². The average molecular weight is 262 g/mol. The Kier molecular flexibility index (Phi) is 4.80. The molecule has 0 saturated carbocycles. The van der Waals surface area contributed by atoms with Crippen molar-refractivity contribution in [1.82, 2.24) is 5.32 Å². The van der Waals surface area contributed by atoms with Gasteiger partial charge in [0.15, 0.2) is 0 Å². The topological polar surface area (TPSA) is 21.3 Å². The molecule has 0 aliphatic rings. The van der Waals surface area contributed by atoms with E-state index in [9.17, 15) is 0 Å². The number of rotatable bonds is 4. The van der Waals surface area contributed by atoms with Crippen LogP contribution in [0.15, 0.2) is 12.1 Å². The number of hydrogen-bond donors (Lipinski definition) is 1. The Hall–Kier alpha value is -0.0900. The highest BCUT2D eigenvalue weighted by atomic mass is 35.5. The van der Waals surface area contributed by atoms with Crippen molar-refractivity contribution in [3.8, 4) is 0 Å². The molecule has 0 radical (unpaired) electrons. The lowest BCUT2D eigenvalue weighted by Gasteiger charge is -2.35. The quantitative estimate of drug-likeness (QED) is 0.892. The van der Waals surface area contributed by atoms with E-state index < -0.39 is 0 Å². The van der Waals surface area contributed by atoms with Crippen molar-refractivity contribution in [1.29, 1.82) is 0 Å². The Bertz CT molecular complexity index is 332. The highest BCUT2D eigenvalue weighted by Crippen LogP contribution is 2.36. The summed E-state index contributed by atoms with van der Waals surface area (Å²) in [6.45, 7) is 6.54. The largest absolute Gasteiger partial charge is 0.379 e. The third kappa shape index (κ3) is 3.20. The van der Waals surface area contributed by atoms with Crippen LogP contribution >= 0.6 is 22.9 Å². The second kappa shape index (κ2) is 5.50. The van der Waals surface area contributed by atoms with Gasteiger partial charge in [-0.15, -0.1) is 11.3 Å². The molecule has 2 nitrogen and oxygen atoms in total. The van der Waals surface area contributed by atoms with E-state index in [2.05, 4.69) is 32.2 Å². The smallest absolute Gasteiger partial charge is 0.0931 e. The van der Waals surface area contributed by atoms with Gasteiger partial charge in [-0.1, -0.05) is 32.4 Å². The van der Waals surface area contributed by atoms with Gasteiger partial charge < -0.3 is 10.1 Å². The molecule has 1 aromatic rings. The number of methoxy groups -OCH3 is 1. The molecule has 0 amide bonds. The lowest BCUT2D eigenvalue weighted by Crippen LogP contribution is -2.39. The van der Waals surface area contributed by atoms with Crippen LogP contribution in [0.1, 0.15) is 31.7 Å². The summed E-state index contributed by atoms with van der Waals surface area (Å²) < 4.78 is 6.45. The lowest BCUT2D eigenvalue weighted by atomic mass is 9.84. The highest BCUT2D eigenvalue weighted by molar-refractivity contribution is 7.16. The molecule has 0 aliphatic heterocycles. The van der Waals surface area contributed by atoms with Gasteiger partial charge in [-0.05, 0) is 24.6 Å². The maximum atomic E-state index is 5.97. The molecular weight excluding hydrogens is 242 g/mol. The molecule has 1 N–H and O–H groups in total. The zero-order valence-electron chi connectivity index (χ0n) is 10.5. The van der Waals surface area contributed by atoms with Gasteiger partial charge in [0.05, 0.1) is 16.5 Å². The van der Waals surface area contributed by atoms with Crippen LogP contribution in [0.4, 0.5) is 0 Å². The summed E-state index contributed by atoms with van der Waals surface area (Å²) in [5.74, 6) is 0. The summed E-state index contributed by atoms with van der Waals surface area (Å²) >= 11 is 7.58. The summed E-state index contributed by atoms with van der Waals surface area (Å²) in [5, 5.41) is 3.32. The van der Waals surface area contributed by atoms with Gasteiger partial charge in [-0.2, -0.15) is 0 Å².